The third kappa shape index (κ3) is 2.46. The number of nitrogens with one attached hydrogen (secondary N) is 1. The first-order valence-electron chi connectivity index (χ1n) is 5.96. The van der Waals surface area contributed by atoms with Crippen molar-refractivity contribution in [2.24, 2.45) is 0 Å². The van der Waals surface area contributed by atoms with Crippen LogP contribution in [0.2, 0.25) is 0 Å². The summed E-state index contributed by atoms with van der Waals surface area (Å²) in [7, 11) is 0. The molecule has 0 saturated heterocycles. The fourth-order valence-electron chi connectivity index (χ4n) is 1.77. The van der Waals surface area contributed by atoms with Crippen LogP contribution in [-0.4, -0.2) is 16.0 Å². The molecule has 100 valence electrons. The average Bonchev–Trinajstić information content (AvgIpc) is 3.09. The van der Waals surface area contributed by atoms with Gasteiger partial charge in [-0.2, -0.15) is 0 Å². The van der Waals surface area contributed by atoms with Crippen LogP contribution < -0.4 is 5.32 Å². The molecule has 0 aliphatic carbocycles. The van der Waals surface area contributed by atoms with Crippen molar-refractivity contribution in [3.63, 3.8) is 0 Å². The number of thiophene rings is 1. The fraction of sp³-hybridized carbons (Fsp3) is 0.0714. The number of carbonyl (C=O) groups excluding carboxylic acids is 1. The fourth-order valence-corrected chi connectivity index (χ4v) is 2.59. The Morgan fingerprint density at radius 1 is 1.30 bits per heavy atom. The summed E-state index contributed by atoms with van der Waals surface area (Å²) in [6, 6.07) is 7.25. The topological polar surface area (TPSA) is 68.0 Å². The summed E-state index contributed by atoms with van der Waals surface area (Å²) in [5, 5.41) is 8.51. The van der Waals surface area contributed by atoms with Crippen LogP contribution in [0.4, 0.5) is 5.88 Å². The minimum Gasteiger partial charge on any atom is -0.338 e. The zero-order chi connectivity index (χ0) is 13.9. The quantitative estimate of drug-likeness (QED) is 0.801. The lowest BCUT2D eigenvalue weighted by molar-refractivity contribution is 0.102. The molecule has 3 aromatic heterocycles. The van der Waals surface area contributed by atoms with E-state index < -0.39 is 0 Å². The molecule has 0 saturated carbocycles. The van der Waals surface area contributed by atoms with Gasteiger partial charge in [-0.05, 0) is 36.1 Å². The average molecular weight is 285 g/mol. The number of aromatic nitrogens is 2. The summed E-state index contributed by atoms with van der Waals surface area (Å²) < 4.78 is 5.13. The maximum absolute atomic E-state index is 12.0. The SMILES string of the molecule is Cc1ccsc1C(=O)Nc1cc(-c2ccncc2)no1. The number of aryl methyl sites for hydroxylation is 1. The molecule has 3 rings (SSSR count). The van der Waals surface area contributed by atoms with Crippen LogP contribution in [-0.2, 0) is 0 Å². The number of hydrogen-bond donors (Lipinski definition) is 1. The first-order chi connectivity index (χ1) is 9.74. The van der Waals surface area contributed by atoms with Crippen LogP contribution in [0, 0.1) is 6.92 Å². The number of anilines is 1. The molecule has 0 aliphatic rings. The van der Waals surface area contributed by atoms with Crippen LogP contribution in [0.5, 0.6) is 0 Å². The van der Waals surface area contributed by atoms with Crippen molar-refractivity contribution in [2.75, 3.05) is 5.32 Å². The summed E-state index contributed by atoms with van der Waals surface area (Å²) in [5.41, 5.74) is 2.49. The van der Waals surface area contributed by atoms with Crippen molar-refractivity contribution in [1.29, 1.82) is 0 Å². The second-order valence-electron chi connectivity index (χ2n) is 4.20. The third-order valence-electron chi connectivity index (χ3n) is 2.79. The van der Waals surface area contributed by atoms with Crippen molar-refractivity contribution in [3.05, 3.63) is 52.5 Å². The second kappa shape index (κ2) is 5.26. The molecule has 3 heterocycles. The summed E-state index contributed by atoms with van der Waals surface area (Å²) in [6.45, 7) is 1.90. The zero-order valence-corrected chi connectivity index (χ0v) is 11.5. The Kier molecular flexibility index (Phi) is 3.30. The molecule has 0 aliphatic heterocycles. The molecule has 5 nitrogen and oxygen atoms in total. The molecule has 0 radical (unpaired) electrons. The van der Waals surface area contributed by atoms with Gasteiger partial charge in [-0.15, -0.1) is 11.3 Å². The van der Waals surface area contributed by atoms with Crippen LogP contribution in [0.15, 0.2) is 46.6 Å². The van der Waals surface area contributed by atoms with Gasteiger partial charge in [-0.1, -0.05) is 5.16 Å². The summed E-state index contributed by atoms with van der Waals surface area (Å²) >= 11 is 1.40. The molecule has 20 heavy (non-hydrogen) atoms. The molecule has 6 heteroatoms. The Morgan fingerprint density at radius 2 is 2.10 bits per heavy atom. The van der Waals surface area contributed by atoms with E-state index in [0.717, 1.165) is 11.1 Å². The standard InChI is InChI=1S/C14H11N3O2S/c1-9-4-7-20-13(9)14(18)16-12-8-11(17-19-12)10-2-5-15-6-3-10/h2-8H,1H3,(H,16,18). The monoisotopic (exact) mass is 285 g/mol. The number of amides is 1. The minimum atomic E-state index is -0.185. The summed E-state index contributed by atoms with van der Waals surface area (Å²) in [6.07, 6.45) is 3.36. The van der Waals surface area contributed by atoms with E-state index in [1.54, 1.807) is 18.5 Å². The molecule has 0 atom stereocenters. The predicted octanol–water partition coefficient (Wildman–Crippen LogP) is 3.36. The maximum Gasteiger partial charge on any atom is 0.268 e. The number of nitrogens with zero attached hydrogens (tertiary/aromatic N) is 2. The van der Waals surface area contributed by atoms with Crippen LogP contribution in [0.3, 0.4) is 0 Å². The molecule has 3 aromatic rings. The number of carbonyl (C=O) groups is 1. The molecular formula is C14H11N3O2S. The Morgan fingerprint density at radius 3 is 2.80 bits per heavy atom. The Bertz CT molecular complexity index is 734. The van der Waals surface area contributed by atoms with Gasteiger partial charge in [0.05, 0.1) is 4.88 Å². The Balaban J connectivity index is 1.78. The highest BCUT2D eigenvalue weighted by Crippen LogP contribution is 2.22. The van der Waals surface area contributed by atoms with Crippen molar-refractivity contribution < 1.29 is 9.32 Å². The van der Waals surface area contributed by atoms with E-state index in [1.165, 1.54) is 11.3 Å². The van der Waals surface area contributed by atoms with Gasteiger partial charge in [0, 0.05) is 24.0 Å². The highest BCUT2D eigenvalue weighted by atomic mass is 32.1. The molecule has 0 unspecified atom stereocenters. The van der Waals surface area contributed by atoms with E-state index in [9.17, 15) is 4.79 Å². The van der Waals surface area contributed by atoms with E-state index >= 15 is 0 Å². The van der Waals surface area contributed by atoms with Crippen molar-refractivity contribution in [2.45, 2.75) is 6.92 Å². The van der Waals surface area contributed by atoms with Gasteiger partial charge in [0.2, 0.25) is 5.88 Å². The van der Waals surface area contributed by atoms with E-state index in [4.69, 9.17) is 4.52 Å². The Hall–Kier alpha value is -2.47. The van der Waals surface area contributed by atoms with Crippen LogP contribution in [0.1, 0.15) is 15.2 Å². The van der Waals surface area contributed by atoms with E-state index in [-0.39, 0.29) is 5.91 Å². The molecular weight excluding hydrogens is 274 g/mol. The summed E-state index contributed by atoms with van der Waals surface area (Å²) in [5.74, 6) is 0.143. The van der Waals surface area contributed by atoms with Crippen LogP contribution in [0.25, 0.3) is 11.3 Å². The lowest BCUT2D eigenvalue weighted by atomic mass is 10.2. The largest absolute Gasteiger partial charge is 0.338 e. The van der Waals surface area contributed by atoms with Crippen molar-refractivity contribution >= 4 is 23.1 Å². The number of rotatable bonds is 3. The van der Waals surface area contributed by atoms with Gasteiger partial charge in [0.15, 0.2) is 0 Å². The van der Waals surface area contributed by atoms with E-state index in [0.29, 0.717) is 16.5 Å². The molecule has 0 spiro atoms. The molecule has 1 N–H and O–H groups in total. The van der Waals surface area contributed by atoms with Gasteiger partial charge in [-0.25, -0.2) is 0 Å². The van der Waals surface area contributed by atoms with Gasteiger partial charge in [-0.3, -0.25) is 15.1 Å². The van der Waals surface area contributed by atoms with Crippen molar-refractivity contribution in [3.8, 4) is 11.3 Å². The predicted molar refractivity (Wildman–Crippen MR) is 76.7 cm³/mol. The molecule has 1 amide bonds. The zero-order valence-electron chi connectivity index (χ0n) is 10.7. The lowest BCUT2D eigenvalue weighted by Gasteiger charge is -1.98. The van der Waals surface area contributed by atoms with Gasteiger partial charge in [0.25, 0.3) is 5.91 Å². The first-order valence-corrected chi connectivity index (χ1v) is 6.84. The molecule has 0 aromatic carbocycles. The molecule has 0 bridgehead atoms. The number of pyridine rings is 1. The van der Waals surface area contributed by atoms with Gasteiger partial charge < -0.3 is 4.52 Å². The van der Waals surface area contributed by atoms with Gasteiger partial charge >= 0.3 is 0 Å². The first kappa shape index (κ1) is 12.6. The maximum atomic E-state index is 12.0. The summed E-state index contributed by atoms with van der Waals surface area (Å²) in [4.78, 5) is 16.7. The smallest absolute Gasteiger partial charge is 0.268 e. The second-order valence-corrected chi connectivity index (χ2v) is 5.12. The van der Waals surface area contributed by atoms with Crippen molar-refractivity contribution in [1.82, 2.24) is 10.1 Å². The van der Waals surface area contributed by atoms with E-state index in [2.05, 4.69) is 15.5 Å². The van der Waals surface area contributed by atoms with E-state index in [1.807, 2.05) is 30.5 Å². The van der Waals surface area contributed by atoms with Crippen LogP contribution >= 0.6 is 11.3 Å². The lowest BCUT2D eigenvalue weighted by Crippen LogP contribution is -2.10. The highest BCUT2D eigenvalue weighted by Gasteiger charge is 2.14. The number of hydrogen-bond acceptors (Lipinski definition) is 5. The Labute approximate surface area is 119 Å². The minimum absolute atomic E-state index is 0.185. The normalized spacial score (nSPS) is 10.4. The highest BCUT2D eigenvalue weighted by molar-refractivity contribution is 7.12. The molecule has 0 fully saturated rings. The third-order valence-corrected chi connectivity index (χ3v) is 3.81. The van der Waals surface area contributed by atoms with Gasteiger partial charge in [0.1, 0.15) is 5.69 Å².